The van der Waals surface area contributed by atoms with Gasteiger partial charge in [0, 0.05) is 19.3 Å². The van der Waals surface area contributed by atoms with Crippen molar-refractivity contribution in [1.29, 1.82) is 0 Å². The molecule has 1 fully saturated rings. The molecule has 1 aliphatic rings. The Morgan fingerprint density at radius 2 is 2.05 bits per heavy atom. The summed E-state index contributed by atoms with van der Waals surface area (Å²) in [5.41, 5.74) is 0.563. The second-order valence-corrected chi connectivity index (χ2v) is 9.28. The molecule has 0 spiro atoms. The summed E-state index contributed by atoms with van der Waals surface area (Å²) >= 11 is 0. The largest absolute Gasteiger partial charge is 0.281 e. The lowest BCUT2D eigenvalue weighted by molar-refractivity contribution is 0.265. The first-order valence-corrected chi connectivity index (χ1v) is 10.1. The van der Waals surface area contributed by atoms with Crippen molar-refractivity contribution in [2.45, 2.75) is 24.2 Å². The molecule has 0 bridgehead atoms. The van der Waals surface area contributed by atoms with Gasteiger partial charge in [-0.2, -0.15) is 5.10 Å². The van der Waals surface area contributed by atoms with Gasteiger partial charge in [0.25, 0.3) is 0 Å². The Morgan fingerprint density at radius 1 is 1.35 bits per heavy atom. The quantitative estimate of drug-likeness (QED) is 0.843. The number of hydrogen-bond acceptors (Lipinski definition) is 5. The van der Waals surface area contributed by atoms with Crippen LogP contribution in [-0.2, 0) is 26.3 Å². The SMILES string of the molecule is CS(=O)(=O)c1cn[nH]c1CC1CCCN(S(C)(=O)=O)C1. The van der Waals surface area contributed by atoms with Crippen molar-refractivity contribution in [2.24, 2.45) is 5.92 Å². The Balaban J connectivity index is 2.13. The van der Waals surface area contributed by atoms with Gasteiger partial charge in [-0.15, -0.1) is 0 Å². The summed E-state index contributed by atoms with van der Waals surface area (Å²) < 4.78 is 47.8. The van der Waals surface area contributed by atoms with Gasteiger partial charge in [-0.3, -0.25) is 5.10 Å². The van der Waals surface area contributed by atoms with E-state index in [1.165, 1.54) is 16.8 Å². The molecular formula is C11H19N3O4S2. The minimum Gasteiger partial charge on any atom is -0.281 e. The Labute approximate surface area is 119 Å². The fraction of sp³-hybridized carbons (Fsp3) is 0.727. The monoisotopic (exact) mass is 321 g/mol. The first-order valence-electron chi connectivity index (χ1n) is 6.35. The van der Waals surface area contributed by atoms with Crippen molar-refractivity contribution < 1.29 is 16.8 Å². The van der Waals surface area contributed by atoms with Crippen LogP contribution in [0.15, 0.2) is 11.1 Å². The summed E-state index contributed by atoms with van der Waals surface area (Å²) in [5, 5.41) is 6.50. The van der Waals surface area contributed by atoms with E-state index in [0.717, 1.165) is 19.1 Å². The lowest BCUT2D eigenvalue weighted by Gasteiger charge is -2.30. The zero-order valence-corrected chi connectivity index (χ0v) is 13.2. The van der Waals surface area contributed by atoms with Crippen molar-refractivity contribution in [3.8, 4) is 0 Å². The molecule has 0 aromatic carbocycles. The van der Waals surface area contributed by atoms with E-state index in [-0.39, 0.29) is 10.8 Å². The van der Waals surface area contributed by atoms with Crippen LogP contribution in [0.4, 0.5) is 0 Å². The molecule has 1 aliphatic heterocycles. The predicted octanol–water partition coefficient (Wildman–Crippen LogP) is 0.0273. The van der Waals surface area contributed by atoms with Gasteiger partial charge in [0.1, 0.15) is 4.90 Å². The number of nitrogens with one attached hydrogen (secondary N) is 1. The smallest absolute Gasteiger partial charge is 0.211 e. The highest BCUT2D eigenvalue weighted by molar-refractivity contribution is 7.90. The van der Waals surface area contributed by atoms with Gasteiger partial charge in [0.05, 0.1) is 18.1 Å². The molecule has 0 saturated carbocycles. The van der Waals surface area contributed by atoms with Gasteiger partial charge < -0.3 is 0 Å². The second-order valence-electron chi connectivity index (χ2n) is 5.32. The number of sulfonamides is 1. The van der Waals surface area contributed by atoms with E-state index in [1.807, 2.05) is 0 Å². The Morgan fingerprint density at radius 3 is 2.65 bits per heavy atom. The van der Waals surface area contributed by atoms with Crippen LogP contribution in [0.5, 0.6) is 0 Å². The van der Waals surface area contributed by atoms with Crippen molar-refractivity contribution in [1.82, 2.24) is 14.5 Å². The molecule has 20 heavy (non-hydrogen) atoms. The van der Waals surface area contributed by atoms with Crippen LogP contribution < -0.4 is 0 Å². The molecule has 1 aromatic heterocycles. The summed E-state index contributed by atoms with van der Waals surface area (Å²) in [7, 11) is -6.50. The summed E-state index contributed by atoms with van der Waals surface area (Å²) in [5.74, 6) is 0.111. The van der Waals surface area contributed by atoms with E-state index >= 15 is 0 Å². The molecule has 1 N–H and O–H groups in total. The third kappa shape index (κ3) is 3.58. The number of piperidine rings is 1. The molecule has 7 nitrogen and oxygen atoms in total. The topological polar surface area (TPSA) is 100 Å². The lowest BCUT2D eigenvalue weighted by atomic mass is 9.95. The number of hydrogen-bond donors (Lipinski definition) is 1. The van der Waals surface area contributed by atoms with Crippen LogP contribution >= 0.6 is 0 Å². The van der Waals surface area contributed by atoms with Crippen LogP contribution in [0.25, 0.3) is 0 Å². The van der Waals surface area contributed by atoms with Crippen molar-refractivity contribution >= 4 is 19.9 Å². The minimum absolute atomic E-state index is 0.111. The lowest BCUT2D eigenvalue weighted by Crippen LogP contribution is -2.39. The number of rotatable bonds is 4. The zero-order chi connectivity index (χ0) is 15.0. The Hall–Kier alpha value is -0.930. The normalized spacial score (nSPS) is 22.0. The fourth-order valence-corrected chi connectivity index (χ4v) is 4.31. The highest BCUT2D eigenvalue weighted by Crippen LogP contribution is 2.24. The molecule has 2 rings (SSSR count). The standard InChI is InChI=1S/C11H19N3O4S2/c1-19(15,16)11-7-12-13-10(11)6-9-4-3-5-14(8-9)20(2,17)18/h7,9H,3-6,8H2,1-2H3,(H,12,13). The molecule has 0 radical (unpaired) electrons. The van der Waals surface area contributed by atoms with Crippen molar-refractivity contribution in [3.63, 3.8) is 0 Å². The molecule has 0 aliphatic carbocycles. The predicted molar refractivity (Wildman–Crippen MR) is 74.5 cm³/mol. The maximum Gasteiger partial charge on any atom is 0.211 e. The summed E-state index contributed by atoms with van der Waals surface area (Å²) in [6, 6.07) is 0. The molecule has 2 heterocycles. The van der Waals surface area contributed by atoms with Gasteiger partial charge in [-0.1, -0.05) is 0 Å². The van der Waals surface area contributed by atoms with Crippen LogP contribution in [0.3, 0.4) is 0 Å². The number of sulfone groups is 1. The van der Waals surface area contributed by atoms with Gasteiger partial charge in [-0.05, 0) is 25.2 Å². The van der Waals surface area contributed by atoms with E-state index < -0.39 is 19.9 Å². The molecule has 114 valence electrons. The third-order valence-corrected chi connectivity index (χ3v) is 5.94. The Bertz CT molecular complexity index is 678. The third-order valence-electron chi connectivity index (χ3n) is 3.52. The van der Waals surface area contributed by atoms with Crippen molar-refractivity contribution in [3.05, 3.63) is 11.9 Å². The van der Waals surface area contributed by atoms with E-state index in [9.17, 15) is 16.8 Å². The van der Waals surface area contributed by atoms with Crippen LogP contribution in [-0.4, -0.2) is 56.9 Å². The number of H-pyrrole nitrogens is 1. The van der Waals surface area contributed by atoms with E-state index in [0.29, 0.717) is 25.2 Å². The summed E-state index contributed by atoms with van der Waals surface area (Å²) in [6.45, 7) is 0.971. The van der Waals surface area contributed by atoms with Gasteiger partial charge in [0.15, 0.2) is 9.84 Å². The fourth-order valence-electron chi connectivity index (χ4n) is 2.55. The molecule has 1 aromatic rings. The zero-order valence-electron chi connectivity index (χ0n) is 11.5. The summed E-state index contributed by atoms with van der Waals surface area (Å²) in [6.07, 6.45) is 5.82. The van der Waals surface area contributed by atoms with E-state index in [2.05, 4.69) is 10.2 Å². The van der Waals surface area contributed by atoms with Gasteiger partial charge >= 0.3 is 0 Å². The van der Waals surface area contributed by atoms with Gasteiger partial charge in [-0.25, -0.2) is 21.1 Å². The number of aromatic amines is 1. The first kappa shape index (κ1) is 15.5. The Kier molecular flexibility index (Phi) is 4.22. The number of nitrogens with zero attached hydrogens (tertiary/aromatic N) is 2. The van der Waals surface area contributed by atoms with Crippen molar-refractivity contribution in [2.75, 3.05) is 25.6 Å². The first-order chi connectivity index (χ1) is 9.18. The molecule has 1 saturated heterocycles. The summed E-state index contributed by atoms with van der Waals surface area (Å²) in [4.78, 5) is 0.203. The second kappa shape index (κ2) is 5.45. The van der Waals surface area contributed by atoms with E-state index in [4.69, 9.17) is 0 Å². The maximum absolute atomic E-state index is 11.6. The number of aromatic nitrogens is 2. The molecular weight excluding hydrogens is 302 g/mol. The molecule has 9 heteroatoms. The highest BCUT2D eigenvalue weighted by atomic mass is 32.2. The van der Waals surface area contributed by atoms with E-state index in [1.54, 1.807) is 0 Å². The van der Waals surface area contributed by atoms with Crippen LogP contribution in [0, 0.1) is 5.92 Å². The van der Waals surface area contributed by atoms with Crippen LogP contribution in [0.1, 0.15) is 18.5 Å². The highest BCUT2D eigenvalue weighted by Gasteiger charge is 2.27. The molecule has 1 atom stereocenters. The molecule has 1 unspecified atom stereocenters. The molecule has 0 amide bonds. The minimum atomic E-state index is -3.31. The average molecular weight is 321 g/mol. The van der Waals surface area contributed by atoms with Gasteiger partial charge in [0.2, 0.25) is 10.0 Å². The maximum atomic E-state index is 11.6. The average Bonchev–Trinajstić information content (AvgIpc) is 2.76. The van der Waals surface area contributed by atoms with Crippen LogP contribution in [0.2, 0.25) is 0 Å².